The summed E-state index contributed by atoms with van der Waals surface area (Å²) in [5.74, 6) is 0. The highest BCUT2D eigenvalue weighted by atomic mass is 15.2. The fourth-order valence-electron chi connectivity index (χ4n) is 2.14. The number of aromatic nitrogens is 3. The molecule has 108 valence electrons. The first-order chi connectivity index (χ1) is 9.63. The Morgan fingerprint density at radius 2 is 2.15 bits per heavy atom. The zero-order valence-corrected chi connectivity index (χ0v) is 12.5. The van der Waals surface area contributed by atoms with Gasteiger partial charge < -0.3 is 15.2 Å². The van der Waals surface area contributed by atoms with Crippen LogP contribution < -0.4 is 5.73 Å². The number of pyridine rings is 1. The van der Waals surface area contributed by atoms with E-state index < -0.39 is 0 Å². The van der Waals surface area contributed by atoms with Crippen molar-refractivity contribution in [2.24, 2.45) is 0 Å². The molecule has 0 fully saturated rings. The third-order valence-electron chi connectivity index (χ3n) is 3.88. The van der Waals surface area contributed by atoms with E-state index in [0.29, 0.717) is 6.04 Å². The van der Waals surface area contributed by atoms with Crippen LogP contribution in [0.3, 0.4) is 0 Å². The smallest absolute Gasteiger partial charge is 0.0951 e. The minimum Gasteiger partial charge on any atom is -0.398 e. The molecule has 2 aromatic heterocycles. The number of anilines is 1. The van der Waals surface area contributed by atoms with E-state index in [1.54, 1.807) is 12.4 Å². The Bertz CT molecular complexity index is 549. The van der Waals surface area contributed by atoms with Crippen LogP contribution in [-0.2, 0) is 6.54 Å². The predicted octanol–water partition coefficient (Wildman–Crippen LogP) is 2.26. The summed E-state index contributed by atoms with van der Waals surface area (Å²) in [5, 5.41) is 0. The molecule has 2 aromatic rings. The summed E-state index contributed by atoms with van der Waals surface area (Å²) >= 11 is 0. The van der Waals surface area contributed by atoms with E-state index in [1.807, 2.05) is 18.6 Å². The average molecular weight is 273 g/mol. The summed E-state index contributed by atoms with van der Waals surface area (Å²) in [6.07, 6.45) is 8.35. The van der Waals surface area contributed by atoms with E-state index >= 15 is 0 Å². The van der Waals surface area contributed by atoms with Gasteiger partial charge in [0.15, 0.2) is 0 Å². The largest absolute Gasteiger partial charge is 0.398 e. The second kappa shape index (κ2) is 6.52. The van der Waals surface area contributed by atoms with Gasteiger partial charge in [-0.2, -0.15) is 0 Å². The zero-order chi connectivity index (χ0) is 14.5. The van der Waals surface area contributed by atoms with Crippen molar-refractivity contribution in [3.8, 4) is 11.3 Å². The lowest BCUT2D eigenvalue weighted by molar-refractivity contribution is 0.243. The van der Waals surface area contributed by atoms with E-state index in [-0.39, 0.29) is 0 Å². The zero-order valence-electron chi connectivity index (χ0n) is 12.5. The average Bonchev–Trinajstić information content (AvgIpc) is 2.92. The number of imidazole rings is 1. The third-order valence-corrected chi connectivity index (χ3v) is 3.88. The van der Waals surface area contributed by atoms with E-state index in [9.17, 15) is 0 Å². The fraction of sp³-hybridized carbons (Fsp3) is 0.467. The van der Waals surface area contributed by atoms with Crippen molar-refractivity contribution in [1.82, 2.24) is 19.4 Å². The van der Waals surface area contributed by atoms with Crippen molar-refractivity contribution in [1.29, 1.82) is 0 Å². The maximum Gasteiger partial charge on any atom is 0.0951 e. The van der Waals surface area contributed by atoms with Gasteiger partial charge in [-0.15, -0.1) is 0 Å². The highest BCUT2D eigenvalue weighted by Gasteiger charge is 2.11. The number of nitrogen functional groups attached to an aromatic ring is 1. The molecule has 5 nitrogen and oxygen atoms in total. The maximum absolute atomic E-state index is 6.01. The monoisotopic (exact) mass is 273 g/mol. The van der Waals surface area contributed by atoms with Gasteiger partial charge in [0.1, 0.15) is 0 Å². The van der Waals surface area contributed by atoms with E-state index in [1.165, 1.54) is 0 Å². The summed E-state index contributed by atoms with van der Waals surface area (Å²) in [4.78, 5) is 10.7. The minimum atomic E-state index is 0.588. The van der Waals surface area contributed by atoms with Crippen LogP contribution in [0.2, 0.25) is 0 Å². The molecule has 0 saturated carbocycles. The highest BCUT2D eigenvalue weighted by molar-refractivity contribution is 5.72. The third kappa shape index (κ3) is 3.17. The molecule has 0 spiro atoms. The van der Waals surface area contributed by atoms with Gasteiger partial charge in [0, 0.05) is 42.8 Å². The van der Waals surface area contributed by atoms with Gasteiger partial charge in [-0.25, -0.2) is 4.98 Å². The summed E-state index contributed by atoms with van der Waals surface area (Å²) in [7, 11) is 2.16. The van der Waals surface area contributed by atoms with Gasteiger partial charge in [0.05, 0.1) is 18.2 Å². The number of rotatable bonds is 6. The predicted molar refractivity (Wildman–Crippen MR) is 82.3 cm³/mol. The van der Waals surface area contributed by atoms with Crippen molar-refractivity contribution in [3.63, 3.8) is 0 Å². The van der Waals surface area contributed by atoms with Gasteiger partial charge >= 0.3 is 0 Å². The Labute approximate surface area is 120 Å². The van der Waals surface area contributed by atoms with Crippen molar-refractivity contribution in [3.05, 3.63) is 31.0 Å². The molecule has 1 atom stereocenters. The Hall–Kier alpha value is -1.88. The lowest BCUT2D eigenvalue weighted by atomic mass is 10.2. The molecule has 0 aliphatic heterocycles. The van der Waals surface area contributed by atoms with Crippen LogP contribution in [0.15, 0.2) is 31.0 Å². The standard InChI is InChI=1S/C15H23N5/c1-4-12(2)19(3)7-8-20-11-18-10-15(20)13-9-17-6-5-14(13)16/h5-6,9-12H,4,7-8H2,1-3H3,(H2,16,17). The highest BCUT2D eigenvalue weighted by Crippen LogP contribution is 2.24. The topological polar surface area (TPSA) is 60.0 Å². The molecule has 2 heterocycles. The summed E-state index contributed by atoms with van der Waals surface area (Å²) in [6.45, 7) is 6.33. The van der Waals surface area contributed by atoms with Gasteiger partial charge in [0.2, 0.25) is 0 Å². The Morgan fingerprint density at radius 3 is 2.85 bits per heavy atom. The Kier molecular flexibility index (Phi) is 4.74. The molecule has 0 aromatic carbocycles. The van der Waals surface area contributed by atoms with Crippen LogP contribution in [0, 0.1) is 0 Å². The van der Waals surface area contributed by atoms with Gasteiger partial charge in [-0.05, 0) is 26.5 Å². The van der Waals surface area contributed by atoms with E-state index in [0.717, 1.165) is 36.5 Å². The minimum absolute atomic E-state index is 0.588. The van der Waals surface area contributed by atoms with Crippen molar-refractivity contribution >= 4 is 5.69 Å². The Morgan fingerprint density at radius 1 is 1.35 bits per heavy atom. The van der Waals surface area contributed by atoms with Crippen molar-refractivity contribution in [2.45, 2.75) is 32.9 Å². The molecule has 0 bridgehead atoms. The van der Waals surface area contributed by atoms with Crippen LogP contribution in [0.1, 0.15) is 20.3 Å². The summed E-state index contributed by atoms with van der Waals surface area (Å²) in [5.41, 5.74) is 8.71. The molecular weight excluding hydrogens is 250 g/mol. The van der Waals surface area contributed by atoms with Gasteiger partial charge in [-0.3, -0.25) is 4.98 Å². The number of nitrogens with zero attached hydrogens (tertiary/aromatic N) is 4. The second-order valence-corrected chi connectivity index (χ2v) is 5.17. The maximum atomic E-state index is 6.01. The number of hydrogen-bond donors (Lipinski definition) is 1. The molecule has 1 unspecified atom stereocenters. The van der Waals surface area contributed by atoms with Crippen LogP contribution >= 0.6 is 0 Å². The van der Waals surface area contributed by atoms with Crippen LogP contribution in [0.25, 0.3) is 11.3 Å². The summed E-state index contributed by atoms with van der Waals surface area (Å²) < 4.78 is 2.13. The molecule has 0 saturated heterocycles. The first-order valence-corrected chi connectivity index (χ1v) is 7.03. The van der Waals surface area contributed by atoms with E-state index in [2.05, 4.69) is 40.3 Å². The lowest BCUT2D eigenvalue weighted by Crippen LogP contribution is -2.31. The number of likely N-dealkylation sites (N-methyl/N-ethyl adjacent to an activating group) is 1. The van der Waals surface area contributed by atoms with Crippen molar-refractivity contribution < 1.29 is 0 Å². The fourth-order valence-corrected chi connectivity index (χ4v) is 2.14. The first kappa shape index (κ1) is 14.5. The van der Waals surface area contributed by atoms with Gasteiger partial charge in [-0.1, -0.05) is 6.92 Å². The molecule has 2 rings (SSSR count). The molecule has 0 radical (unpaired) electrons. The molecule has 0 aliphatic rings. The lowest BCUT2D eigenvalue weighted by Gasteiger charge is -2.24. The molecule has 0 aliphatic carbocycles. The van der Waals surface area contributed by atoms with Crippen LogP contribution in [-0.4, -0.2) is 39.1 Å². The number of hydrogen-bond acceptors (Lipinski definition) is 4. The SMILES string of the molecule is CCC(C)N(C)CCn1cncc1-c1cnccc1N. The quantitative estimate of drug-likeness (QED) is 0.877. The molecular formula is C15H23N5. The summed E-state index contributed by atoms with van der Waals surface area (Å²) in [6, 6.07) is 2.41. The molecule has 0 amide bonds. The second-order valence-electron chi connectivity index (χ2n) is 5.17. The van der Waals surface area contributed by atoms with Crippen LogP contribution in [0.5, 0.6) is 0 Å². The molecule has 2 N–H and O–H groups in total. The van der Waals surface area contributed by atoms with Crippen molar-refractivity contribution in [2.75, 3.05) is 19.3 Å². The molecule has 5 heteroatoms. The molecule has 20 heavy (non-hydrogen) atoms. The Balaban J connectivity index is 2.12. The van der Waals surface area contributed by atoms with Gasteiger partial charge in [0.25, 0.3) is 0 Å². The number of nitrogens with two attached hydrogens (primary N) is 1. The van der Waals surface area contributed by atoms with Crippen LogP contribution in [0.4, 0.5) is 5.69 Å². The van der Waals surface area contributed by atoms with E-state index in [4.69, 9.17) is 5.73 Å². The first-order valence-electron chi connectivity index (χ1n) is 7.03. The normalized spacial score (nSPS) is 12.8.